The molecule has 2 heterocycles. The van der Waals surface area contributed by atoms with Crippen LogP contribution in [0.25, 0.3) is 11.4 Å². The maximum atomic E-state index is 5.77. The third-order valence-corrected chi connectivity index (χ3v) is 2.69. The van der Waals surface area contributed by atoms with Crippen LogP contribution in [0.5, 0.6) is 0 Å². The number of nitrogens with zero attached hydrogens (tertiary/aromatic N) is 4. The summed E-state index contributed by atoms with van der Waals surface area (Å²) in [7, 11) is 0. The Bertz CT molecular complexity index is 492. The summed E-state index contributed by atoms with van der Waals surface area (Å²) in [6, 6.07) is 0.546. The number of rotatable bonds is 2. The van der Waals surface area contributed by atoms with Gasteiger partial charge in [-0.25, -0.2) is 0 Å². The molecule has 1 aliphatic carbocycles. The lowest BCUT2D eigenvalue weighted by Gasteiger charge is -2.05. The second-order valence-corrected chi connectivity index (χ2v) is 3.87. The fraction of sp³-hybridized carbons (Fsp3) is 0.444. The lowest BCUT2D eigenvalue weighted by Crippen LogP contribution is -2.00. The molecule has 0 bridgehead atoms. The van der Waals surface area contributed by atoms with Crippen LogP contribution in [0.2, 0.25) is 0 Å². The van der Waals surface area contributed by atoms with Crippen molar-refractivity contribution in [1.82, 2.24) is 25.0 Å². The van der Waals surface area contributed by atoms with Crippen LogP contribution in [0, 0.1) is 6.92 Å². The molecule has 0 amide bonds. The van der Waals surface area contributed by atoms with Gasteiger partial charge in [-0.05, 0) is 19.8 Å². The molecule has 0 unspecified atom stereocenters. The Morgan fingerprint density at radius 2 is 2.27 bits per heavy atom. The predicted octanol–water partition coefficient (Wildman–Crippen LogP) is 0.894. The van der Waals surface area contributed by atoms with E-state index in [2.05, 4.69) is 25.0 Å². The Morgan fingerprint density at radius 3 is 2.87 bits per heavy atom. The SMILES string of the molecule is Cc1nnc(-c2cn[nH]c2N)n1C1CC1. The van der Waals surface area contributed by atoms with E-state index in [-0.39, 0.29) is 0 Å². The number of aryl methyl sites for hydroxylation is 1. The van der Waals surface area contributed by atoms with Crippen molar-refractivity contribution in [2.24, 2.45) is 0 Å². The molecule has 0 radical (unpaired) electrons. The van der Waals surface area contributed by atoms with Crippen LogP contribution in [0.4, 0.5) is 5.82 Å². The molecule has 2 aromatic rings. The minimum atomic E-state index is 0.546. The summed E-state index contributed by atoms with van der Waals surface area (Å²) in [5.74, 6) is 2.30. The first-order valence-electron chi connectivity index (χ1n) is 4.98. The zero-order valence-electron chi connectivity index (χ0n) is 8.44. The molecule has 0 aliphatic heterocycles. The number of anilines is 1. The van der Waals surface area contributed by atoms with E-state index in [1.54, 1.807) is 6.20 Å². The van der Waals surface area contributed by atoms with Gasteiger partial charge < -0.3 is 10.3 Å². The van der Waals surface area contributed by atoms with Crippen LogP contribution in [0.15, 0.2) is 6.20 Å². The van der Waals surface area contributed by atoms with Crippen molar-refractivity contribution >= 4 is 5.82 Å². The first kappa shape index (κ1) is 8.46. The normalized spacial score (nSPS) is 15.8. The van der Waals surface area contributed by atoms with Gasteiger partial charge in [0.1, 0.15) is 11.6 Å². The van der Waals surface area contributed by atoms with Crippen LogP contribution in [0.1, 0.15) is 24.7 Å². The molecule has 0 saturated heterocycles. The van der Waals surface area contributed by atoms with Gasteiger partial charge in [-0.3, -0.25) is 5.10 Å². The summed E-state index contributed by atoms with van der Waals surface area (Å²) in [5, 5.41) is 14.9. The second-order valence-electron chi connectivity index (χ2n) is 3.87. The first-order chi connectivity index (χ1) is 7.27. The van der Waals surface area contributed by atoms with Crippen LogP contribution in [0.3, 0.4) is 0 Å². The average Bonchev–Trinajstić information content (AvgIpc) is 2.85. The number of nitrogens with one attached hydrogen (secondary N) is 1. The lowest BCUT2D eigenvalue weighted by molar-refractivity contribution is 0.717. The molecule has 2 aromatic heterocycles. The van der Waals surface area contributed by atoms with Gasteiger partial charge in [-0.1, -0.05) is 0 Å². The summed E-state index contributed by atoms with van der Waals surface area (Å²) < 4.78 is 2.14. The van der Waals surface area contributed by atoms with E-state index in [0.29, 0.717) is 11.9 Å². The Morgan fingerprint density at radius 1 is 1.47 bits per heavy atom. The molecule has 0 atom stereocenters. The molecule has 1 aliphatic rings. The van der Waals surface area contributed by atoms with Crippen molar-refractivity contribution in [3.05, 3.63) is 12.0 Å². The number of nitrogens with two attached hydrogens (primary N) is 1. The molecule has 1 saturated carbocycles. The number of aromatic amines is 1. The van der Waals surface area contributed by atoms with Crippen LogP contribution in [-0.2, 0) is 0 Å². The van der Waals surface area contributed by atoms with E-state index < -0.39 is 0 Å². The van der Waals surface area contributed by atoms with Crippen molar-refractivity contribution in [1.29, 1.82) is 0 Å². The minimum Gasteiger partial charge on any atom is -0.383 e. The quantitative estimate of drug-likeness (QED) is 0.760. The molecule has 3 N–H and O–H groups in total. The van der Waals surface area contributed by atoms with Gasteiger partial charge in [0.15, 0.2) is 5.82 Å². The smallest absolute Gasteiger partial charge is 0.169 e. The molecule has 78 valence electrons. The standard InChI is InChI=1S/C9H12N6/c1-5-12-14-9(15(5)6-2-3-6)7-4-11-13-8(7)10/h4,6H,2-3H2,1H3,(H3,10,11,13). The zero-order chi connectivity index (χ0) is 10.4. The second kappa shape index (κ2) is 2.82. The maximum absolute atomic E-state index is 5.77. The molecule has 0 spiro atoms. The topological polar surface area (TPSA) is 85.4 Å². The summed E-state index contributed by atoms with van der Waals surface area (Å²) in [6.07, 6.45) is 4.09. The van der Waals surface area contributed by atoms with Gasteiger partial charge >= 0.3 is 0 Å². The van der Waals surface area contributed by atoms with Crippen molar-refractivity contribution in [3.63, 3.8) is 0 Å². The van der Waals surface area contributed by atoms with Crippen LogP contribution < -0.4 is 5.73 Å². The molecule has 6 nitrogen and oxygen atoms in total. The van der Waals surface area contributed by atoms with Crippen LogP contribution >= 0.6 is 0 Å². The molecule has 6 heteroatoms. The Labute approximate surface area is 86.5 Å². The van der Waals surface area contributed by atoms with E-state index in [4.69, 9.17) is 5.73 Å². The van der Waals surface area contributed by atoms with Gasteiger partial charge in [0.25, 0.3) is 0 Å². The molecular formula is C9H12N6. The van der Waals surface area contributed by atoms with Crippen molar-refractivity contribution < 1.29 is 0 Å². The van der Waals surface area contributed by atoms with Gasteiger partial charge in [-0.2, -0.15) is 5.10 Å². The molecule has 1 fully saturated rings. The highest BCUT2D eigenvalue weighted by molar-refractivity contribution is 5.67. The third kappa shape index (κ3) is 1.21. The zero-order valence-corrected chi connectivity index (χ0v) is 8.44. The average molecular weight is 204 g/mol. The Kier molecular flexibility index (Phi) is 1.59. The third-order valence-electron chi connectivity index (χ3n) is 2.69. The van der Waals surface area contributed by atoms with E-state index in [9.17, 15) is 0 Å². The monoisotopic (exact) mass is 204 g/mol. The summed E-state index contributed by atoms with van der Waals surface area (Å²) in [4.78, 5) is 0. The fourth-order valence-electron chi connectivity index (χ4n) is 1.80. The van der Waals surface area contributed by atoms with E-state index >= 15 is 0 Å². The molecule has 0 aromatic carbocycles. The van der Waals surface area contributed by atoms with Crippen LogP contribution in [-0.4, -0.2) is 25.0 Å². The molecular weight excluding hydrogens is 192 g/mol. The molecule has 15 heavy (non-hydrogen) atoms. The summed E-state index contributed by atoms with van der Waals surface area (Å²) in [5.41, 5.74) is 6.61. The van der Waals surface area contributed by atoms with Crippen molar-refractivity contribution in [3.8, 4) is 11.4 Å². The number of hydrogen-bond acceptors (Lipinski definition) is 4. The molecule has 3 rings (SSSR count). The lowest BCUT2D eigenvalue weighted by atomic mass is 10.3. The minimum absolute atomic E-state index is 0.546. The van der Waals surface area contributed by atoms with Gasteiger partial charge in [0.2, 0.25) is 0 Å². The number of hydrogen-bond donors (Lipinski definition) is 2. The number of H-pyrrole nitrogens is 1. The van der Waals surface area contributed by atoms with Crippen molar-refractivity contribution in [2.75, 3.05) is 5.73 Å². The van der Waals surface area contributed by atoms with E-state index in [0.717, 1.165) is 17.2 Å². The highest BCUT2D eigenvalue weighted by atomic mass is 15.3. The highest BCUT2D eigenvalue weighted by Crippen LogP contribution is 2.39. The highest BCUT2D eigenvalue weighted by Gasteiger charge is 2.29. The van der Waals surface area contributed by atoms with E-state index in [1.165, 1.54) is 12.8 Å². The predicted molar refractivity (Wildman–Crippen MR) is 55.0 cm³/mol. The fourth-order valence-corrected chi connectivity index (χ4v) is 1.80. The number of aromatic nitrogens is 5. The van der Waals surface area contributed by atoms with E-state index in [1.807, 2.05) is 6.92 Å². The Hall–Kier alpha value is -1.85. The van der Waals surface area contributed by atoms with Gasteiger partial charge in [0, 0.05) is 6.04 Å². The summed E-state index contributed by atoms with van der Waals surface area (Å²) >= 11 is 0. The van der Waals surface area contributed by atoms with Gasteiger partial charge in [0.05, 0.1) is 11.8 Å². The van der Waals surface area contributed by atoms with Gasteiger partial charge in [-0.15, -0.1) is 10.2 Å². The number of nitrogen functional groups attached to an aromatic ring is 1. The largest absolute Gasteiger partial charge is 0.383 e. The maximum Gasteiger partial charge on any atom is 0.169 e. The Balaban J connectivity index is 2.15. The summed E-state index contributed by atoms with van der Waals surface area (Å²) in [6.45, 7) is 1.96. The van der Waals surface area contributed by atoms with Crippen molar-refractivity contribution in [2.45, 2.75) is 25.8 Å². The first-order valence-corrected chi connectivity index (χ1v) is 4.98.